The lowest BCUT2D eigenvalue weighted by molar-refractivity contribution is 0.149. The summed E-state index contributed by atoms with van der Waals surface area (Å²) in [6.07, 6.45) is 4.56. The molecule has 0 amide bonds. The highest BCUT2D eigenvalue weighted by Crippen LogP contribution is 2.43. The number of benzene rings is 2. The van der Waals surface area contributed by atoms with Gasteiger partial charge in [0, 0.05) is 29.0 Å². The van der Waals surface area contributed by atoms with Crippen LogP contribution in [0.1, 0.15) is 29.7 Å². The van der Waals surface area contributed by atoms with E-state index in [1.54, 1.807) is 18.5 Å². The number of fused-ring (bicyclic) bond motifs is 4. The van der Waals surface area contributed by atoms with Gasteiger partial charge in [-0.15, -0.1) is 0 Å². The molecule has 4 nitrogen and oxygen atoms in total. The molecule has 3 heterocycles. The van der Waals surface area contributed by atoms with Crippen molar-refractivity contribution in [1.29, 1.82) is 0 Å². The van der Waals surface area contributed by atoms with Gasteiger partial charge in [-0.05, 0) is 17.7 Å². The van der Waals surface area contributed by atoms with E-state index in [1.165, 1.54) is 12.3 Å². The summed E-state index contributed by atoms with van der Waals surface area (Å²) in [6.45, 7) is 0. The Kier molecular flexibility index (Phi) is 3.05. The van der Waals surface area contributed by atoms with Crippen LogP contribution in [0.2, 0.25) is 0 Å². The Morgan fingerprint density at radius 1 is 1.24 bits per heavy atom. The standard InChI is InChI=1S/C20H15FN2O2/c21-16-8-20-12(5-6-25-20)7-15(16)19(24)9-17-13-3-1-2-4-14(13)18-10-22-11-23(17)18/h1-8,10-11,17,19,24H,9H2. The van der Waals surface area contributed by atoms with Gasteiger partial charge in [0.2, 0.25) is 0 Å². The SMILES string of the molecule is OC(CC1c2ccccc2-c2cncn21)c1cc2ccoc2cc1F. The first-order chi connectivity index (χ1) is 12.2. The molecule has 0 bridgehead atoms. The third kappa shape index (κ3) is 2.13. The van der Waals surface area contributed by atoms with Gasteiger partial charge < -0.3 is 14.1 Å². The van der Waals surface area contributed by atoms with Crippen LogP contribution in [0.3, 0.4) is 0 Å². The van der Waals surface area contributed by atoms with Gasteiger partial charge in [-0.2, -0.15) is 0 Å². The zero-order chi connectivity index (χ0) is 17.0. The Balaban J connectivity index is 1.53. The molecule has 4 aromatic rings. The van der Waals surface area contributed by atoms with Crippen LogP contribution in [-0.4, -0.2) is 14.7 Å². The van der Waals surface area contributed by atoms with E-state index in [0.717, 1.165) is 22.2 Å². The minimum Gasteiger partial charge on any atom is -0.464 e. The lowest BCUT2D eigenvalue weighted by atomic mass is 9.95. The van der Waals surface area contributed by atoms with E-state index < -0.39 is 11.9 Å². The van der Waals surface area contributed by atoms with Gasteiger partial charge in [0.1, 0.15) is 11.4 Å². The van der Waals surface area contributed by atoms with Gasteiger partial charge in [-0.25, -0.2) is 9.37 Å². The Hall–Kier alpha value is -2.92. The molecule has 1 aliphatic rings. The van der Waals surface area contributed by atoms with Crippen LogP contribution in [0, 0.1) is 5.82 Å². The van der Waals surface area contributed by atoms with Crippen molar-refractivity contribution < 1.29 is 13.9 Å². The van der Waals surface area contributed by atoms with Crippen molar-refractivity contribution in [2.75, 3.05) is 0 Å². The molecule has 2 aromatic heterocycles. The summed E-state index contributed by atoms with van der Waals surface area (Å²) in [6, 6.07) is 12.8. The summed E-state index contributed by atoms with van der Waals surface area (Å²) in [5.74, 6) is -0.452. The summed E-state index contributed by atoms with van der Waals surface area (Å²) in [5.41, 5.74) is 4.04. The Labute approximate surface area is 143 Å². The van der Waals surface area contributed by atoms with Gasteiger partial charge >= 0.3 is 0 Å². The van der Waals surface area contributed by atoms with Crippen molar-refractivity contribution in [3.8, 4) is 11.3 Å². The van der Waals surface area contributed by atoms with Crippen LogP contribution in [-0.2, 0) is 0 Å². The number of halogens is 1. The first-order valence-electron chi connectivity index (χ1n) is 8.18. The fourth-order valence-electron chi connectivity index (χ4n) is 3.77. The molecule has 0 aliphatic carbocycles. The highest BCUT2D eigenvalue weighted by atomic mass is 19.1. The van der Waals surface area contributed by atoms with Gasteiger partial charge in [0.05, 0.1) is 36.6 Å². The third-order valence-electron chi connectivity index (χ3n) is 4.97. The first kappa shape index (κ1) is 14.4. The summed E-state index contributed by atoms with van der Waals surface area (Å²) < 4.78 is 21.7. The van der Waals surface area contributed by atoms with Crippen molar-refractivity contribution in [2.45, 2.75) is 18.6 Å². The Morgan fingerprint density at radius 3 is 3.04 bits per heavy atom. The Morgan fingerprint density at radius 2 is 2.12 bits per heavy atom. The lowest BCUT2D eigenvalue weighted by Gasteiger charge is -2.19. The summed E-state index contributed by atoms with van der Waals surface area (Å²) in [7, 11) is 0. The maximum atomic E-state index is 14.4. The highest BCUT2D eigenvalue weighted by molar-refractivity contribution is 5.78. The van der Waals surface area contributed by atoms with E-state index in [1.807, 2.05) is 29.0 Å². The average molecular weight is 334 g/mol. The van der Waals surface area contributed by atoms with Crippen molar-refractivity contribution in [3.05, 3.63) is 78.2 Å². The molecule has 5 heteroatoms. The van der Waals surface area contributed by atoms with Crippen molar-refractivity contribution >= 4 is 11.0 Å². The largest absolute Gasteiger partial charge is 0.464 e. The molecular weight excluding hydrogens is 319 g/mol. The number of rotatable bonds is 3. The smallest absolute Gasteiger partial charge is 0.136 e. The minimum absolute atomic E-state index is 0.0665. The molecule has 2 atom stereocenters. The van der Waals surface area contributed by atoms with Crippen LogP contribution in [0.15, 0.2) is 65.7 Å². The maximum Gasteiger partial charge on any atom is 0.136 e. The van der Waals surface area contributed by atoms with Crippen LogP contribution in [0.4, 0.5) is 4.39 Å². The number of furan rings is 1. The first-order valence-corrected chi connectivity index (χ1v) is 8.18. The molecular formula is C20H15FN2O2. The molecule has 5 rings (SSSR count). The Bertz CT molecular complexity index is 1080. The molecule has 0 saturated carbocycles. The fraction of sp³-hybridized carbons (Fsp3) is 0.150. The van der Waals surface area contributed by atoms with Crippen LogP contribution < -0.4 is 0 Å². The predicted molar refractivity (Wildman–Crippen MR) is 91.6 cm³/mol. The monoisotopic (exact) mass is 334 g/mol. The normalized spacial score (nSPS) is 16.8. The van der Waals surface area contributed by atoms with Crippen LogP contribution >= 0.6 is 0 Å². The number of hydrogen-bond donors (Lipinski definition) is 1. The van der Waals surface area contributed by atoms with Crippen LogP contribution in [0.5, 0.6) is 0 Å². The van der Waals surface area contributed by atoms with Gasteiger partial charge in [0.15, 0.2) is 0 Å². The van der Waals surface area contributed by atoms with Gasteiger partial charge in [-0.1, -0.05) is 24.3 Å². The number of imidazole rings is 1. The zero-order valence-electron chi connectivity index (χ0n) is 13.3. The molecule has 0 saturated heterocycles. The minimum atomic E-state index is -0.925. The highest BCUT2D eigenvalue weighted by Gasteiger charge is 2.30. The second-order valence-electron chi connectivity index (χ2n) is 6.37. The molecule has 2 unspecified atom stereocenters. The van der Waals surface area contributed by atoms with E-state index in [0.29, 0.717) is 17.6 Å². The molecule has 0 fully saturated rings. The van der Waals surface area contributed by atoms with Gasteiger partial charge in [-0.3, -0.25) is 0 Å². The second-order valence-corrected chi connectivity index (χ2v) is 6.37. The van der Waals surface area contributed by atoms with Crippen molar-refractivity contribution in [3.63, 3.8) is 0 Å². The molecule has 25 heavy (non-hydrogen) atoms. The lowest BCUT2D eigenvalue weighted by Crippen LogP contribution is -2.11. The van der Waals surface area contributed by atoms with Gasteiger partial charge in [0.25, 0.3) is 0 Å². The second kappa shape index (κ2) is 5.29. The van der Waals surface area contributed by atoms with Crippen molar-refractivity contribution in [1.82, 2.24) is 9.55 Å². The number of hydrogen-bond acceptors (Lipinski definition) is 3. The molecule has 2 aromatic carbocycles. The van der Waals surface area contributed by atoms with E-state index in [2.05, 4.69) is 11.1 Å². The van der Waals surface area contributed by atoms with E-state index in [-0.39, 0.29) is 6.04 Å². The number of aromatic nitrogens is 2. The topological polar surface area (TPSA) is 51.2 Å². The quantitative estimate of drug-likeness (QED) is 0.602. The molecule has 0 radical (unpaired) electrons. The molecule has 124 valence electrons. The summed E-state index contributed by atoms with van der Waals surface area (Å²) >= 11 is 0. The van der Waals surface area contributed by atoms with E-state index in [4.69, 9.17) is 4.42 Å². The number of nitrogens with zero attached hydrogens (tertiary/aromatic N) is 2. The zero-order valence-corrected chi connectivity index (χ0v) is 13.3. The average Bonchev–Trinajstić information content (AvgIpc) is 3.31. The molecule has 0 spiro atoms. The van der Waals surface area contributed by atoms with Crippen LogP contribution in [0.25, 0.3) is 22.2 Å². The maximum absolute atomic E-state index is 14.4. The predicted octanol–water partition coefficient (Wildman–Crippen LogP) is 4.46. The summed E-state index contributed by atoms with van der Waals surface area (Å²) in [5, 5.41) is 11.5. The third-order valence-corrected chi connectivity index (χ3v) is 4.97. The molecule has 1 N–H and O–H groups in total. The van der Waals surface area contributed by atoms with E-state index in [9.17, 15) is 9.50 Å². The fourth-order valence-corrected chi connectivity index (χ4v) is 3.77. The number of aliphatic hydroxyl groups is 1. The van der Waals surface area contributed by atoms with Crippen molar-refractivity contribution in [2.24, 2.45) is 0 Å². The number of aliphatic hydroxyl groups excluding tert-OH is 1. The molecule has 1 aliphatic heterocycles. The summed E-state index contributed by atoms with van der Waals surface area (Å²) in [4.78, 5) is 4.22. The van der Waals surface area contributed by atoms with E-state index >= 15 is 0 Å².